The van der Waals surface area contributed by atoms with Crippen LogP contribution in [0.1, 0.15) is 29.2 Å². The minimum absolute atomic E-state index is 0.0716. The zero-order valence-electron chi connectivity index (χ0n) is 14.8. The number of aromatic nitrogens is 1. The molecule has 0 unspecified atom stereocenters. The number of halogens is 1. The van der Waals surface area contributed by atoms with Crippen molar-refractivity contribution in [2.75, 3.05) is 11.4 Å². The largest absolute Gasteiger partial charge is 0.289 e. The van der Waals surface area contributed by atoms with E-state index in [2.05, 4.69) is 4.98 Å². The zero-order valence-corrected chi connectivity index (χ0v) is 16.4. The number of ketones is 1. The zero-order chi connectivity index (χ0) is 19.4. The van der Waals surface area contributed by atoms with E-state index in [4.69, 9.17) is 0 Å². The summed E-state index contributed by atoms with van der Waals surface area (Å²) in [7, 11) is 0. The number of thiazole rings is 1. The lowest BCUT2D eigenvalue weighted by atomic mass is 10.2. The summed E-state index contributed by atoms with van der Waals surface area (Å²) >= 11 is 2.60. The maximum absolute atomic E-state index is 13.9. The molecule has 0 aliphatic carbocycles. The fourth-order valence-corrected chi connectivity index (χ4v) is 4.34. The third-order valence-corrected chi connectivity index (χ3v) is 5.85. The third kappa shape index (κ3) is 4.37. The maximum atomic E-state index is 13.9. The molecule has 4 nitrogen and oxygen atoms in total. The van der Waals surface area contributed by atoms with Crippen molar-refractivity contribution in [3.05, 3.63) is 64.2 Å². The van der Waals surface area contributed by atoms with Crippen LogP contribution in [0.2, 0.25) is 0 Å². The number of carbonyl (C=O) groups excluding carboxylic acids is 2. The summed E-state index contributed by atoms with van der Waals surface area (Å²) in [6, 6.07) is 9.93. The standard InChI is InChI=1S/C20H17FN2O2S2/c1-3-23(13(2)24)20-22-14(12-26-20)8-9-17(25)19-11-10-18(27-19)15-6-4-5-7-16(15)21/h4-12H,3H2,1-2H3/b9-8+. The first-order valence-corrected chi connectivity index (χ1v) is 10.00. The smallest absolute Gasteiger partial charge is 0.225 e. The molecule has 27 heavy (non-hydrogen) atoms. The second kappa shape index (κ2) is 8.37. The molecule has 0 atom stereocenters. The van der Waals surface area contributed by atoms with Gasteiger partial charge in [-0.3, -0.25) is 14.5 Å². The molecule has 0 bridgehead atoms. The third-order valence-electron chi connectivity index (χ3n) is 3.83. The Morgan fingerprint density at radius 2 is 2.00 bits per heavy atom. The van der Waals surface area contributed by atoms with E-state index < -0.39 is 0 Å². The van der Waals surface area contributed by atoms with Crippen LogP contribution in [0, 0.1) is 5.82 Å². The maximum Gasteiger partial charge on any atom is 0.225 e. The van der Waals surface area contributed by atoms with Gasteiger partial charge in [-0.05, 0) is 37.3 Å². The van der Waals surface area contributed by atoms with E-state index in [9.17, 15) is 14.0 Å². The average Bonchev–Trinajstić information content (AvgIpc) is 3.30. The number of hydrogen-bond donors (Lipinski definition) is 0. The molecule has 1 amide bonds. The van der Waals surface area contributed by atoms with Crippen LogP contribution in [0.3, 0.4) is 0 Å². The van der Waals surface area contributed by atoms with Gasteiger partial charge < -0.3 is 0 Å². The van der Waals surface area contributed by atoms with Gasteiger partial charge in [-0.2, -0.15) is 0 Å². The molecule has 0 aliphatic heterocycles. The number of amides is 1. The number of hydrogen-bond acceptors (Lipinski definition) is 5. The van der Waals surface area contributed by atoms with Crippen LogP contribution >= 0.6 is 22.7 Å². The van der Waals surface area contributed by atoms with E-state index in [1.807, 2.05) is 6.92 Å². The molecular weight excluding hydrogens is 383 g/mol. The number of anilines is 1. The summed E-state index contributed by atoms with van der Waals surface area (Å²) in [5.74, 6) is -0.552. The average molecular weight is 401 g/mol. The van der Waals surface area contributed by atoms with Crippen molar-refractivity contribution >= 4 is 45.6 Å². The van der Waals surface area contributed by atoms with Gasteiger partial charge in [-0.1, -0.05) is 18.2 Å². The Hall–Kier alpha value is -2.64. The van der Waals surface area contributed by atoms with Crippen molar-refractivity contribution in [1.29, 1.82) is 0 Å². The Labute approximate surface area is 164 Å². The molecule has 3 rings (SSSR count). The molecular formula is C20H17FN2O2S2. The van der Waals surface area contributed by atoms with E-state index in [1.54, 1.807) is 46.7 Å². The lowest BCUT2D eigenvalue weighted by molar-refractivity contribution is -0.116. The lowest BCUT2D eigenvalue weighted by Gasteiger charge is -2.14. The summed E-state index contributed by atoms with van der Waals surface area (Å²) in [6.45, 7) is 3.92. The van der Waals surface area contributed by atoms with Gasteiger partial charge in [0.15, 0.2) is 10.9 Å². The van der Waals surface area contributed by atoms with E-state index in [0.717, 1.165) is 0 Å². The van der Waals surface area contributed by atoms with Crippen LogP contribution in [0.4, 0.5) is 9.52 Å². The summed E-state index contributed by atoms with van der Waals surface area (Å²) in [5.41, 5.74) is 1.10. The topological polar surface area (TPSA) is 50.3 Å². The second-order valence-electron chi connectivity index (χ2n) is 5.66. The normalized spacial score (nSPS) is 11.1. The molecule has 0 radical (unpaired) electrons. The number of allylic oxidation sites excluding steroid dienone is 1. The van der Waals surface area contributed by atoms with Crippen LogP contribution in [0.15, 0.2) is 47.9 Å². The quantitative estimate of drug-likeness (QED) is 0.418. The molecule has 0 fully saturated rings. The van der Waals surface area contributed by atoms with Crippen LogP contribution in [-0.2, 0) is 4.79 Å². The van der Waals surface area contributed by atoms with E-state index >= 15 is 0 Å². The highest BCUT2D eigenvalue weighted by Gasteiger charge is 2.13. The minimum Gasteiger partial charge on any atom is -0.289 e. The number of rotatable bonds is 6. The first-order chi connectivity index (χ1) is 13.0. The van der Waals surface area contributed by atoms with Gasteiger partial charge in [0.05, 0.1) is 10.6 Å². The van der Waals surface area contributed by atoms with Crippen molar-refractivity contribution in [2.24, 2.45) is 0 Å². The molecule has 2 aromatic heterocycles. The first kappa shape index (κ1) is 19.1. The number of thiophene rings is 1. The van der Waals surface area contributed by atoms with Crippen molar-refractivity contribution in [3.63, 3.8) is 0 Å². The monoisotopic (exact) mass is 400 g/mol. The van der Waals surface area contributed by atoms with Gasteiger partial charge in [0, 0.05) is 29.3 Å². The predicted octanol–water partition coefficient (Wildman–Crippen LogP) is 5.28. The molecule has 1 aromatic carbocycles. The van der Waals surface area contributed by atoms with Crippen molar-refractivity contribution < 1.29 is 14.0 Å². The van der Waals surface area contributed by atoms with Gasteiger partial charge in [0.25, 0.3) is 0 Å². The Morgan fingerprint density at radius 1 is 1.22 bits per heavy atom. The molecule has 0 saturated carbocycles. The highest BCUT2D eigenvalue weighted by Crippen LogP contribution is 2.30. The molecule has 2 heterocycles. The Bertz CT molecular complexity index is 1010. The Kier molecular flexibility index (Phi) is 5.93. The summed E-state index contributed by atoms with van der Waals surface area (Å²) in [5, 5.41) is 2.40. The fourth-order valence-electron chi connectivity index (χ4n) is 2.49. The number of carbonyl (C=O) groups is 2. The van der Waals surface area contributed by atoms with Gasteiger partial charge in [-0.25, -0.2) is 9.37 Å². The Balaban J connectivity index is 1.74. The minimum atomic E-state index is -0.310. The second-order valence-corrected chi connectivity index (χ2v) is 7.58. The molecule has 0 spiro atoms. The molecule has 0 aliphatic rings. The molecule has 138 valence electrons. The lowest BCUT2D eigenvalue weighted by Crippen LogP contribution is -2.27. The van der Waals surface area contributed by atoms with Crippen molar-refractivity contribution in [3.8, 4) is 10.4 Å². The molecule has 3 aromatic rings. The fraction of sp³-hybridized carbons (Fsp3) is 0.150. The molecule has 0 N–H and O–H groups in total. The summed E-state index contributed by atoms with van der Waals surface area (Å²) in [6.07, 6.45) is 3.07. The van der Waals surface area contributed by atoms with E-state index in [0.29, 0.717) is 32.7 Å². The van der Waals surface area contributed by atoms with Gasteiger partial charge in [-0.15, -0.1) is 22.7 Å². The van der Waals surface area contributed by atoms with Crippen LogP contribution in [0.25, 0.3) is 16.5 Å². The number of benzene rings is 1. The van der Waals surface area contributed by atoms with Crippen LogP contribution in [0.5, 0.6) is 0 Å². The van der Waals surface area contributed by atoms with Crippen molar-refractivity contribution in [2.45, 2.75) is 13.8 Å². The molecule has 7 heteroatoms. The highest BCUT2D eigenvalue weighted by atomic mass is 32.1. The molecule has 0 saturated heterocycles. The van der Waals surface area contributed by atoms with Gasteiger partial charge in [0.2, 0.25) is 5.91 Å². The van der Waals surface area contributed by atoms with Crippen molar-refractivity contribution in [1.82, 2.24) is 4.98 Å². The first-order valence-electron chi connectivity index (χ1n) is 8.30. The Morgan fingerprint density at radius 3 is 2.70 bits per heavy atom. The highest BCUT2D eigenvalue weighted by molar-refractivity contribution is 7.17. The number of nitrogens with zero attached hydrogens (tertiary/aromatic N) is 2. The van der Waals surface area contributed by atoms with Gasteiger partial charge in [0.1, 0.15) is 5.82 Å². The van der Waals surface area contributed by atoms with E-state index in [-0.39, 0.29) is 17.5 Å². The predicted molar refractivity (Wildman–Crippen MR) is 109 cm³/mol. The van der Waals surface area contributed by atoms with E-state index in [1.165, 1.54) is 41.7 Å². The van der Waals surface area contributed by atoms with Gasteiger partial charge >= 0.3 is 0 Å². The summed E-state index contributed by atoms with van der Waals surface area (Å²) < 4.78 is 13.9. The van der Waals surface area contributed by atoms with Crippen LogP contribution < -0.4 is 4.90 Å². The van der Waals surface area contributed by atoms with Crippen LogP contribution in [-0.4, -0.2) is 23.2 Å². The SMILES string of the molecule is CCN(C(C)=O)c1nc(/C=C/C(=O)c2ccc(-c3ccccc3F)s2)cs1. The summed E-state index contributed by atoms with van der Waals surface area (Å²) in [4.78, 5) is 31.1.